The average Bonchev–Trinajstić information content (AvgIpc) is 2.87. The monoisotopic (exact) mass is 544 g/mol. The van der Waals surface area contributed by atoms with Gasteiger partial charge in [0.1, 0.15) is 23.9 Å². The second-order valence-corrected chi connectivity index (χ2v) is 9.98. The molecule has 0 radical (unpaired) electrons. The van der Waals surface area contributed by atoms with E-state index in [0.29, 0.717) is 29.8 Å². The molecular formula is C27H32N2O6S2. The summed E-state index contributed by atoms with van der Waals surface area (Å²) in [5, 5.41) is 6.75. The summed E-state index contributed by atoms with van der Waals surface area (Å²) >= 11 is 5.48. The molecule has 0 aliphatic carbocycles. The minimum Gasteiger partial charge on any atom is -0.494 e. The summed E-state index contributed by atoms with van der Waals surface area (Å²) in [5.74, 6) is 1.93. The summed E-state index contributed by atoms with van der Waals surface area (Å²) in [6.45, 7) is 5.43. The molecule has 3 N–H and O–H groups in total. The zero-order valence-corrected chi connectivity index (χ0v) is 22.5. The SMILES string of the molecule is CCCCCOc1ccc(NC(=S)Nc2ccc(OCC)c(COc3ccc(S(=O)(=O)O)cc3)c2)cc1. The lowest BCUT2D eigenvalue weighted by molar-refractivity contribution is 0.286. The van der Waals surface area contributed by atoms with Crippen molar-refractivity contribution >= 4 is 38.8 Å². The molecule has 0 aliphatic rings. The van der Waals surface area contributed by atoms with Crippen LogP contribution >= 0.6 is 12.2 Å². The minimum absolute atomic E-state index is 0.177. The van der Waals surface area contributed by atoms with Gasteiger partial charge in [0.05, 0.1) is 18.1 Å². The van der Waals surface area contributed by atoms with Gasteiger partial charge in [0, 0.05) is 16.9 Å². The summed E-state index contributed by atoms with van der Waals surface area (Å²) in [4.78, 5) is -0.198. The van der Waals surface area contributed by atoms with Crippen LogP contribution in [0.2, 0.25) is 0 Å². The molecule has 0 amide bonds. The molecule has 0 spiro atoms. The third-order valence-electron chi connectivity index (χ3n) is 5.26. The molecule has 0 bridgehead atoms. The number of ether oxygens (including phenoxy) is 3. The maximum Gasteiger partial charge on any atom is 0.294 e. The molecule has 37 heavy (non-hydrogen) atoms. The van der Waals surface area contributed by atoms with E-state index < -0.39 is 10.1 Å². The van der Waals surface area contributed by atoms with Gasteiger partial charge in [0.25, 0.3) is 10.1 Å². The Balaban J connectivity index is 1.60. The highest BCUT2D eigenvalue weighted by Gasteiger charge is 2.11. The fourth-order valence-electron chi connectivity index (χ4n) is 3.41. The molecule has 0 aliphatic heterocycles. The number of unbranched alkanes of at least 4 members (excludes halogenated alkanes) is 2. The van der Waals surface area contributed by atoms with Gasteiger partial charge in [-0.15, -0.1) is 0 Å². The van der Waals surface area contributed by atoms with E-state index in [1.807, 2.05) is 49.4 Å². The lowest BCUT2D eigenvalue weighted by Gasteiger charge is -2.15. The highest BCUT2D eigenvalue weighted by Crippen LogP contribution is 2.26. The maximum atomic E-state index is 11.2. The molecule has 8 nitrogen and oxygen atoms in total. The summed E-state index contributed by atoms with van der Waals surface area (Å²) in [6.07, 6.45) is 3.36. The number of thiocarbonyl (C=S) groups is 1. The molecule has 0 saturated heterocycles. The Morgan fingerprint density at radius 2 is 1.46 bits per heavy atom. The van der Waals surface area contributed by atoms with Gasteiger partial charge in [-0.2, -0.15) is 8.42 Å². The second-order valence-electron chi connectivity index (χ2n) is 8.15. The van der Waals surface area contributed by atoms with Crippen LogP contribution in [0.3, 0.4) is 0 Å². The van der Waals surface area contributed by atoms with Crippen molar-refractivity contribution in [3.63, 3.8) is 0 Å². The molecule has 3 aromatic carbocycles. The molecular weight excluding hydrogens is 512 g/mol. The van der Waals surface area contributed by atoms with Crippen molar-refractivity contribution in [3.05, 3.63) is 72.3 Å². The molecule has 3 rings (SSSR count). The molecule has 0 saturated carbocycles. The van der Waals surface area contributed by atoms with Crippen molar-refractivity contribution in [2.45, 2.75) is 44.6 Å². The van der Waals surface area contributed by atoms with E-state index in [9.17, 15) is 8.42 Å². The van der Waals surface area contributed by atoms with Crippen molar-refractivity contribution in [1.29, 1.82) is 0 Å². The summed E-state index contributed by atoms with van der Waals surface area (Å²) in [7, 11) is -4.26. The summed E-state index contributed by atoms with van der Waals surface area (Å²) in [6, 6.07) is 18.7. The van der Waals surface area contributed by atoms with Gasteiger partial charge in [0.15, 0.2) is 5.11 Å². The number of benzene rings is 3. The molecule has 198 valence electrons. The zero-order chi connectivity index (χ0) is 26.7. The number of hydrogen-bond acceptors (Lipinski definition) is 6. The summed E-state index contributed by atoms with van der Waals surface area (Å²) < 4.78 is 48.8. The zero-order valence-electron chi connectivity index (χ0n) is 20.9. The van der Waals surface area contributed by atoms with Gasteiger partial charge in [-0.1, -0.05) is 19.8 Å². The summed E-state index contributed by atoms with van der Waals surface area (Å²) in [5.41, 5.74) is 2.36. The van der Waals surface area contributed by atoms with E-state index in [1.54, 1.807) is 0 Å². The molecule has 0 unspecified atom stereocenters. The highest BCUT2D eigenvalue weighted by molar-refractivity contribution is 7.85. The van der Waals surface area contributed by atoms with Crippen LogP contribution in [0.4, 0.5) is 11.4 Å². The molecule has 0 atom stereocenters. The first-order valence-electron chi connectivity index (χ1n) is 12.1. The number of hydrogen-bond donors (Lipinski definition) is 3. The molecule has 0 aromatic heterocycles. The van der Waals surface area contributed by atoms with Gasteiger partial charge in [-0.25, -0.2) is 0 Å². The first-order valence-corrected chi connectivity index (χ1v) is 13.9. The maximum absolute atomic E-state index is 11.2. The normalized spacial score (nSPS) is 11.0. The molecule has 0 heterocycles. The minimum atomic E-state index is -4.26. The molecule has 3 aromatic rings. The second kappa shape index (κ2) is 13.8. The van der Waals surface area contributed by atoms with E-state index in [4.69, 9.17) is 31.0 Å². The largest absolute Gasteiger partial charge is 0.494 e. The van der Waals surface area contributed by atoms with Crippen molar-refractivity contribution in [2.24, 2.45) is 0 Å². The number of anilines is 2. The van der Waals surface area contributed by atoms with Crippen molar-refractivity contribution in [3.8, 4) is 17.2 Å². The Kier molecular flexibility index (Phi) is 10.6. The average molecular weight is 545 g/mol. The van der Waals surface area contributed by atoms with E-state index in [2.05, 4.69) is 17.6 Å². The van der Waals surface area contributed by atoms with Gasteiger partial charge in [-0.05, 0) is 92.3 Å². The topological polar surface area (TPSA) is 106 Å². The van der Waals surface area contributed by atoms with Crippen LogP contribution in [0.1, 0.15) is 38.7 Å². The Hall–Kier alpha value is -3.34. The predicted octanol–water partition coefficient (Wildman–Crippen LogP) is 6.29. The van der Waals surface area contributed by atoms with Crippen LogP contribution in [-0.2, 0) is 16.7 Å². The molecule has 10 heteroatoms. The van der Waals surface area contributed by atoms with E-state index in [-0.39, 0.29) is 11.5 Å². The Labute approximate surface area is 223 Å². The van der Waals surface area contributed by atoms with Gasteiger partial charge >= 0.3 is 0 Å². The first-order chi connectivity index (χ1) is 17.8. The van der Waals surface area contributed by atoms with Crippen LogP contribution in [0.5, 0.6) is 17.2 Å². The van der Waals surface area contributed by atoms with E-state index >= 15 is 0 Å². The first kappa shape index (κ1) is 28.2. The Morgan fingerprint density at radius 3 is 2.11 bits per heavy atom. The number of rotatable bonds is 13. The fraction of sp³-hybridized carbons (Fsp3) is 0.296. The lowest BCUT2D eigenvalue weighted by Crippen LogP contribution is -2.19. The smallest absolute Gasteiger partial charge is 0.294 e. The van der Waals surface area contributed by atoms with Gasteiger partial charge < -0.3 is 24.8 Å². The third-order valence-corrected chi connectivity index (χ3v) is 6.33. The third kappa shape index (κ3) is 9.23. The van der Waals surface area contributed by atoms with E-state index in [0.717, 1.165) is 42.0 Å². The molecule has 0 fully saturated rings. The van der Waals surface area contributed by atoms with Crippen LogP contribution in [0.25, 0.3) is 0 Å². The van der Waals surface area contributed by atoms with Crippen LogP contribution in [0.15, 0.2) is 71.6 Å². The number of nitrogens with one attached hydrogen (secondary N) is 2. The fourth-order valence-corrected chi connectivity index (χ4v) is 4.12. The lowest BCUT2D eigenvalue weighted by atomic mass is 10.2. The quantitative estimate of drug-likeness (QED) is 0.130. The van der Waals surface area contributed by atoms with E-state index in [1.165, 1.54) is 24.3 Å². The van der Waals surface area contributed by atoms with Gasteiger partial charge in [-0.3, -0.25) is 4.55 Å². The van der Waals surface area contributed by atoms with Crippen LogP contribution < -0.4 is 24.8 Å². The van der Waals surface area contributed by atoms with Gasteiger partial charge in [0.2, 0.25) is 0 Å². The standard InChI is InChI=1S/C27H32N2O6S2/c1-3-5-6-17-34-23-10-7-21(8-11-23)28-27(36)29-22-9-16-26(33-4-2)20(18-22)19-35-24-12-14-25(15-13-24)37(30,31)32/h7-16,18H,3-6,17,19H2,1-2H3,(H2,28,29,36)(H,30,31,32). The highest BCUT2D eigenvalue weighted by atomic mass is 32.2. The van der Waals surface area contributed by atoms with Crippen molar-refractivity contribution in [1.82, 2.24) is 0 Å². The van der Waals surface area contributed by atoms with Crippen LogP contribution in [0, 0.1) is 0 Å². The van der Waals surface area contributed by atoms with Crippen molar-refractivity contribution in [2.75, 3.05) is 23.8 Å². The van der Waals surface area contributed by atoms with Crippen molar-refractivity contribution < 1.29 is 27.2 Å². The Bertz CT molecular complexity index is 1260. The Morgan fingerprint density at radius 1 is 0.838 bits per heavy atom. The van der Waals surface area contributed by atoms with Crippen LogP contribution in [-0.4, -0.2) is 31.3 Å². The predicted molar refractivity (Wildman–Crippen MR) is 150 cm³/mol.